The lowest BCUT2D eigenvalue weighted by Crippen LogP contribution is -2.24. The van der Waals surface area contributed by atoms with Crippen LogP contribution < -0.4 is 0 Å². The highest BCUT2D eigenvalue weighted by molar-refractivity contribution is 7.10. The highest BCUT2D eigenvalue weighted by Gasteiger charge is 2.14. The van der Waals surface area contributed by atoms with Crippen LogP contribution in [0.25, 0.3) is 11.3 Å². The van der Waals surface area contributed by atoms with Crippen LogP contribution in [-0.2, 0) is 16.0 Å². The first kappa shape index (κ1) is 14.9. The van der Waals surface area contributed by atoms with Crippen LogP contribution in [0.2, 0.25) is 0 Å². The second-order valence-corrected chi connectivity index (χ2v) is 6.55. The summed E-state index contributed by atoms with van der Waals surface area (Å²) in [5.74, 6) is 0.0638. The summed E-state index contributed by atoms with van der Waals surface area (Å²) < 4.78 is 5.48. The number of thiazole rings is 1. The van der Waals surface area contributed by atoms with E-state index in [9.17, 15) is 4.79 Å². The minimum absolute atomic E-state index is 0.0638. The summed E-state index contributed by atoms with van der Waals surface area (Å²) in [5.41, 5.74) is 1.72. The third kappa shape index (κ3) is 4.54. The first-order valence-corrected chi connectivity index (χ1v) is 7.47. The number of rotatable bonds is 5. The van der Waals surface area contributed by atoms with E-state index < -0.39 is 0 Å². The fraction of sp³-hybridized carbons (Fsp3) is 0.375. The van der Waals surface area contributed by atoms with Gasteiger partial charge in [-0.3, -0.25) is 4.79 Å². The van der Waals surface area contributed by atoms with Gasteiger partial charge in [0.25, 0.3) is 0 Å². The van der Waals surface area contributed by atoms with Crippen LogP contribution in [-0.4, -0.2) is 23.0 Å². The van der Waals surface area contributed by atoms with E-state index in [1.54, 1.807) is 0 Å². The Morgan fingerprint density at radius 1 is 1.25 bits per heavy atom. The first-order chi connectivity index (χ1) is 9.44. The van der Waals surface area contributed by atoms with E-state index in [0.717, 1.165) is 16.3 Å². The van der Waals surface area contributed by atoms with Gasteiger partial charge < -0.3 is 4.74 Å². The minimum Gasteiger partial charge on any atom is -0.368 e. The number of nitrogens with zero attached hydrogens (tertiary/aromatic N) is 1. The summed E-state index contributed by atoms with van der Waals surface area (Å²) >= 11 is 1.52. The quantitative estimate of drug-likeness (QED) is 0.841. The average Bonchev–Trinajstić information content (AvgIpc) is 2.85. The molecule has 2 aromatic rings. The summed E-state index contributed by atoms with van der Waals surface area (Å²) in [6, 6.07) is 9.98. The molecular weight excluding hydrogens is 270 g/mol. The lowest BCUT2D eigenvalue weighted by Gasteiger charge is -2.18. The third-order valence-electron chi connectivity index (χ3n) is 2.64. The predicted molar refractivity (Wildman–Crippen MR) is 82.0 cm³/mol. The molecule has 20 heavy (non-hydrogen) atoms. The molecule has 2 rings (SSSR count). The van der Waals surface area contributed by atoms with Crippen LogP contribution in [0, 0.1) is 0 Å². The van der Waals surface area contributed by atoms with Gasteiger partial charge in [0.1, 0.15) is 11.6 Å². The summed E-state index contributed by atoms with van der Waals surface area (Å²) in [5, 5.41) is 2.83. The van der Waals surface area contributed by atoms with E-state index >= 15 is 0 Å². The van der Waals surface area contributed by atoms with E-state index in [2.05, 4.69) is 4.98 Å². The number of carbonyl (C=O) groups excluding carboxylic acids is 1. The van der Waals surface area contributed by atoms with Crippen molar-refractivity contribution in [2.75, 3.05) is 6.61 Å². The lowest BCUT2D eigenvalue weighted by molar-refractivity contribution is -0.127. The minimum atomic E-state index is -0.284. The predicted octanol–water partition coefficient (Wildman–Crippen LogP) is 3.74. The molecule has 1 aromatic carbocycles. The van der Waals surface area contributed by atoms with Gasteiger partial charge in [0, 0.05) is 10.9 Å². The molecule has 0 spiro atoms. The van der Waals surface area contributed by atoms with Gasteiger partial charge in [-0.1, -0.05) is 30.3 Å². The number of benzene rings is 1. The number of hydrogen-bond donors (Lipinski definition) is 0. The van der Waals surface area contributed by atoms with E-state index in [1.807, 2.05) is 56.5 Å². The van der Waals surface area contributed by atoms with Crippen LogP contribution in [0.5, 0.6) is 0 Å². The summed E-state index contributed by atoms with van der Waals surface area (Å²) in [4.78, 5) is 16.4. The molecule has 106 valence electrons. The van der Waals surface area contributed by atoms with Crippen molar-refractivity contribution in [2.24, 2.45) is 0 Å². The molecule has 1 heterocycles. The van der Waals surface area contributed by atoms with Gasteiger partial charge >= 0.3 is 0 Å². The number of carbonyl (C=O) groups is 1. The molecule has 0 aliphatic carbocycles. The summed E-state index contributed by atoms with van der Waals surface area (Å²) in [6.07, 6.45) is 0.341. The highest BCUT2D eigenvalue weighted by Crippen LogP contribution is 2.22. The zero-order chi connectivity index (χ0) is 14.6. The van der Waals surface area contributed by atoms with Crippen LogP contribution in [0.4, 0.5) is 0 Å². The van der Waals surface area contributed by atoms with E-state index in [-0.39, 0.29) is 18.0 Å². The molecule has 0 unspecified atom stereocenters. The molecule has 0 saturated carbocycles. The van der Waals surface area contributed by atoms with Gasteiger partial charge in [-0.2, -0.15) is 0 Å². The van der Waals surface area contributed by atoms with Crippen molar-refractivity contribution in [3.63, 3.8) is 0 Å². The van der Waals surface area contributed by atoms with Crippen molar-refractivity contribution in [2.45, 2.75) is 32.8 Å². The van der Waals surface area contributed by atoms with Crippen LogP contribution in [0.1, 0.15) is 25.8 Å². The first-order valence-electron chi connectivity index (χ1n) is 6.59. The summed E-state index contributed by atoms with van der Waals surface area (Å²) in [6.45, 7) is 5.97. The molecule has 1 aromatic heterocycles. The Labute approximate surface area is 123 Å². The molecule has 4 heteroatoms. The van der Waals surface area contributed by atoms with Gasteiger partial charge in [0.2, 0.25) is 0 Å². The Bertz CT molecular complexity index is 570. The molecular formula is C16H19NO2S. The average molecular weight is 289 g/mol. The number of aromatic nitrogens is 1. The molecule has 0 bridgehead atoms. The number of hydrogen-bond acceptors (Lipinski definition) is 4. The fourth-order valence-electron chi connectivity index (χ4n) is 1.65. The maximum absolute atomic E-state index is 11.8. The molecule has 0 aliphatic rings. The van der Waals surface area contributed by atoms with Gasteiger partial charge in [-0.05, 0) is 20.8 Å². The molecule has 3 nitrogen and oxygen atoms in total. The van der Waals surface area contributed by atoms with Gasteiger partial charge in [0.05, 0.1) is 17.7 Å². The molecule has 0 saturated heterocycles. The van der Waals surface area contributed by atoms with E-state index in [4.69, 9.17) is 4.74 Å². The van der Waals surface area contributed by atoms with E-state index in [0.29, 0.717) is 6.42 Å². The van der Waals surface area contributed by atoms with E-state index in [1.165, 1.54) is 11.3 Å². The van der Waals surface area contributed by atoms with Crippen molar-refractivity contribution in [3.8, 4) is 11.3 Å². The van der Waals surface area contributed by atoms with Gasteiger partial charge in [0.15, 0.2) is 5.78 Å². The molecule has 0 N–H and O–H groups in total. The van der Waals surface area contributed by atoms with Crippen molar-refractivity contribution in [1.82, 2.24) is 4.98 Å². The molecule has 0 aliphatic heterocycles. The number of ether oxygens (including phenoxy) is 1. The Balaban J connectivity index is 1.95. The smallest absolute Gasteiger partial charge is 0.165 e. The maximum atomic E-state index is 11.8. The van der Waals surface area contributed by atoms with Crippen LogP contribution in [0.3, 0.4) is 0 Å². The second kappa shape index (κ2) is 6.29. The molecule has 0 atom stereocenters. The van der Waals surface area contributed by atoms with Gasteiger partial charge in [-0.15, -0.1) is 11.3 Å². The molecule has 0 amide bonds. The third-order valence-corrected chi connectivity index (χ3v) is 3.48. The highest BCUT2D eigenvalue weighted by atomic mass is 32.1. The number of Topliss-reactive ketones (excluding diaryl/α,β-unsaturated/α-hetero) is 1. The maximum Gasteiger partial charge on any atom is 0.165 e. The lowest BCUT2D eigenvalue weighted by atomic mass is 10.2. The Hall–Kier alpha value is -1.52. The van der Waals surface area contributed by atoms with Gasteiger partial charge in [-0.25, -0.2) is 4.98 Å². The standard InChI is InChI=1S/C16H19NO2S/c1-16(2,3)19-10-13(18)9-15-17-14(11-20-15)12-7-5-4-6-8-12/h4-8,11H,9-10H2,1-3H3. The Morgan fingerprint density at radius 3 is 2.60 bits per heavy atom. The Morgan fingerprint density at radius 2 is 1.95 bits per heavy atom. The van der Waals surface area contributed by atoms with Crippen LogP contribution in [0.15, 0.2) is 35.7 Å². The monoisotopic (exact) mass is 289 g/mol. The van der Waals surface area contributed by atoms with Crippen molar-refractivity contribution in [1.29, 1.82) is 0 Å². The topological polar surface area (TPSA) is 39.2 Å². The van der Waals surface area contributed by atoms with Crippen molar-refractivity contribution >= 4 is 17.1 Å². The SMILES string of the molecule is CC(C)(C)OCC(=O)Cc1nc(-c2ccccc2)cs1. The Kier molecular flexibility index (Phi) is 4.68. The molecule has 0 fully saturated rings. The fourth-order valence-corrected chi connectivity index (χ4v) is 2.48. The van der Waals surface area contributed by atoms with Crippen molar-refractivity contribution in [3.05, 3.63) is 40.7 Å². The zero-order valence-electron chi connectivity index (χ0n) is 12.1. The summed E-state index contributed by atoms with van der Waals surface area (Å²) in [7, 11) is 0. The molecule has 0 radical (unpaired) electrons. The number of ketones is 1. The normalized spacial score (nSPS) is 11.6. The van der Waals surface area contributed by atoms with Crippen LogP contribution >= 0.6 is 11.3 Å². The second-order valence-electron chi connectivity index (χ2n) is 5.61. The van der Waals surface area contributed by atoms with Crippen molar-refractivity contribution < 1.29 is 9.53 Å². The zero-order valence-corrected chi connectivity index (χ0v) is 12.9. The largest absolute Gasteiger partial charge is 0.368 e.